The van der Waals surface area contributed by atoms with Gasteiger partial charge in [-0.2, -0.15) is 0 Å². The third-order valence-corrected chi connectivity index (χ3v) is 4.42. The first kappa shape index (κ1) is 13.3. The SMILES string of the molecule is CC1CN(CC2CCCCCC2N)C(C)CO1. The lowest BCUT2D eigenvalue weighted by Crippen LogP contribution is -2.50. The molecule has 4 unspecified atom stereocenters. The van der Waals surface area contributed by atoms with E-state index in [1.54, 1.807) is 0 Å². The molecule has 1 heterocycles. The lowest BCUT2D eigenvalue weighted by molar-refractivity contribution is -0.0555. The standard InChI is InChI=1S/C14H28N2O/c1-11-10-17-12(2)8-16(11)9-13-6-4-3-5-7-14(13)15/h11-14H,3-10,15H2,1-2H3. The molecule has 2 N–H and O–H groups in total. The van der Waals surface area contributed by atoms with Gasteiger partial charge in [0.15, 0.2) is 0 Å². The predicted octanol–water partition coefficient (Wildman–Crippen LogP) is 2.00. The van der Waals surface area contributed by atoms with Crippen LogP contribution in [0.2, 0.25) is 0 Å². The molecule has 0 amide bonds. The molecule has 2 aliphatic rings. The van der Waals surface area contributed by atoms with Crippen LogP contribution in [0.15, 0.2) is 0 Å². The fourth-order valence-corrected chi connectivity index (χ4v) is 3.17. The minimum Gasteiger partial charge on any atom is -0.376 e. The van der Waals surface area contributed by atoms with Crippen LogP contribution in [-0.4, -0.2) is 42.8 Å². The summed E-state index contributed by atoms with van der Waals surface area (Å²) in [7, 11) is 0. The molecular formula is C14H28N2O. The molecule has 1 aliphatic heterocycles. The summed E-state index contributed by atoms with van der Waals surface area (Å²) in [5.41, 5.74) is 6.32. The maximum absolute atomic E-state index is 6.32. The van der Waals surface area contributed by atoms with Gasteiger partial charge in [0.05, 0.1) is 12.7 Å². The minimum atomic E-state index is 0.383. The van der Waals surface area contributed by atoms with Gasteiger partial charge in [0.2, 0.25) is 0 Å². The summed E-state index contributed by atoms with van der Waals surface area (Å²) < 4.78 is 5.69. The Morgan fingerprint density at radius 2 is 1.94 bits per heavy atom. The Labute approximate surface area is 106 Å². The van der Waals surface area contributed by atoms with E-state index in [9.17, 15) is 0 Å². The van der Waals surface area contributed by atoms with E-state index < -0.39 is 0 Å². The Morgan fingerprint density at radius 1 is 1.18 bits per heavy atom. The van der Waals surface area contributed by atoms with Gasteiger partial charge in [-0.15, -0.1) is 0 Å². The van der Waals surface area contributed by atoms with Crippen LogP contribution >= 0.6 is 0 Å². The summed E-state index contributed by atoms with van der Waals surface area (Å²) in [6, 6.07) is 0.976. The van der Waals surface area contributed by atoms with Crippen LogP contribution in [0.1, 0.15) is 46.0 Å². The zero-order chi connectivity index (χ0) is 12.3. The van der Waals surface area contributed by atoms with Crippen molar-refractivity contribution in [1.82, 2.24) is 4.90 Å². The second kappa shape index (κ2) is 6.17. The molecule has 0 bridgehead atoms. The first-order valence-electron chi connectivity index (χ1n) is 7.28. The molecule has 0 aromatic carbocycles. The third kappa shape index (κ3) is 3.67. The Balaban J connectivity index is 1.89. The summed E-state index contributed by atoms with van der Waals surface area (Å²) in [6.45, 7) is 7.57. The molecule has 3 heteroatoms. The molecule has 2 rings (SSSR count). The Hall–Kier alpha value is -0.120. The highest BCUT2D eigenvalue weighted by molar-refractivity contribution is 4.83. The molecule has 0 radical (unpaired) electrons. The number of hydrogen-bond acceptors (Lipinski definition) is 3. The highest BCUT2D eigenvalue weighted by atomic mass is 16.5. The molecule has 2 fully saturated rings. The van der Waals surface area contributed by atoms with Crippen LogP contribution in [0.4, 0.5) is 0 Å². The van der Waals surface area contributed by atoms with Gasteiger partial charge in [-0.1, -0.05) is 19.3 Å². The zero-order valence-electron chi connectivity index (χ0n) is 11.4. The van der Waals surface area contributed by atoms with E-state index in [-0.39, 0.29) is 0 Å². The van der Waals surface area contributed by atoms with Crippen molar-refractivity contribution < 1.29 is 4.74 Å². The normalized spacial score (nSPS) is 41.1. The van der Waals surface area contributed by atoms with Crippen LogP contribution in [0.3, 0.4) is 0 Å². The van der Waals surface area contributed by atoms with Gasteiger partial charge in [0, 0.05) is 25.2 Å². The summed E-state index contributed by atoms with van der Waals surface area (Å²) in [5.74, 6) is 0.699. The number of hydrogen-bond donors (Lipinski definition) is 1. The first-order chi connectivity index (χ1) is 8.16. The maximum Gasteiger partial charge on any atom is 0.0674 e. The third-order valence-electron chi connectivity index (χ3n) is 4.42. The summed E-state index contributed by atoms with van der Waals surface area (Å²) in [6.07, 6.45) is 6.99. The quantitative estimate of drug-likeness (QED) is 0.750. The van der Waals surface area contributed by atoms with E-state index in [0.717, 1.165) is 13.2 Å². The summed E-state index contributed by atoms with van der Waals surface area (Å²) >= 11 is 0. The number of morpholine rings is 1. The highest BCUT2D eigenvalue weighted by Gasteiger charge is 2.28. The molecule has 17 heavy (non-hydrogen) atoms. The van der Waals surface area contributed by atoms with Crippen LogP contribution in [0.25, 0.3) is 0 Å². The molecule has 0 spiro atoms. The Kier molecular flexibility index (Phi) is 4.83. The van der Waals surface area contributed by atoms with Crippen LogP contribution in [0.5, 0.6) is 0 Å². The average Bonchev–Trinajstić information content (AvgIpc) is 2.50. The van der Waals surface area contributed by atoms with Gasteiger partial charge in [0.25, 0.3) is 0 Å². The average molecular weight is 240 g/mol. The van der Waals surface area contributed by atoms with E-state index in [4.69, 9.17) is 10.5 Å². The van der Waals surface area contributed by atoms with Crippen molar-refractivity contribution in [2.24, 2.45) is 11.7 Å². The molecule has 1 saturated heterocycles. The number of nitrogens with zero attached hydrogens (tertiary/aromatic N) is 1. The summed E-state index contributed by atoms with van der Waals surface area (Å²) in [4.78, 5) is 2.59. The fourth-order valence-electron chi connectivity index (χ4n) is 3.17. The lowest BCUT2D eigenvalue weighted by Gasteiger charge is -2.39. The second-order valence-corrected chi connectivity index (χ2v) is 6.01. The van der Waals surface area contributed by atoms with Crippen LogP contribution in [-0.2, 0) is 4.74 Å². The van der Waals surface area contributed by atoms with Gasteiger partial charge < -0.3 is 10.5 Å². The highest BCUT2D eigenvalue weighted by Crippen LogP contribution is 2.24. The molecule has 0 aromatic rings. The molecular weight excluding hydrogens is 212 g/mol. The van der Waals surface area contributed by atoms with Gasteiger partial charge >= 0.3 is 0 Å². The molecule has 100 valence electrons. The van der Waals surface area contributed by atoms with E-state index in [1.807, 2.05) is 0 Å². The van der Waals surface area contributed by atoms with E-state index >= 15 is 0 Å². The van der Waals surface area contributed by atoms with Gasteiger partial charge in [-0.25, -0.2) is 0 Å². The summed E-state index contributed by atoms with van der Waals surface area (Å²) in [5, 5.41) is 0. The van der Waals surface area contributed by atoms with Crippen molar-refractivity contribution in [3.8, 4) is 0 Å². The first-order valence-corrected chi connectivity index (χ1v) is 7.28. The van der Waals surface area contributed by atoms with E-state index in [2.05, 4.69) is 18.7 Å². The van der Waals surface area contributed by atoms with Gasteiger partial charge in [0.1, 0.15) is 0 Å². The van der Waals surface area contributed by atoms with Crippen molar-refractivity contribution in [3.63, 3.8) is 0 Å². The van der Waals surface area contributed by atoms with Gasteiger partial charge in [-0.05, 0) is 32.6 Å². The Morgan fingerprint density at radius 3 is 2.76 bits per heavy atom. The topological polar surface area (TPSA) is 38.5 Å². The minimum absolute atomic E-state index is 0.383. The predicted molar refractivity (Wildman–Crippen MR) is 71.0 cm³/mol. The molecule has 0 aromatic heterocycles. The monoisotopic (exact) mass is 240 g/mol. The number of nitrogens with two attached hydrogens (primary N) is 1. The van der Waals surface area contributed by atoms with E-state index in [1.165, 1.54) is 38.6 Å². The molecule has 4 atom stereocenters. The Bertz CT molecular complexity index is 234. The largest absolute Gasteiger partial charge is 0.376 e. The maximum atomic E-state index is 6.32. The van der Waals surface area contributed by atoms with Crippen LogP contribution in [0, 0.1) is 5.92 Å². The number of ether oxygens (including phenoxy) is 1. The number of rotatable bonds is 2. The van der Waals surface area contributed by atoms with Crippen molar-refractivity contribution >= 4 is 0 Å². The second-order valence-electron chi connectivity index (χ2n) is 6.01. The van der Waals surface area contributed by atoms with Crippen molar-refractivity contribution in [2.45, 2.75) is 64.1 Å². The zero-order valence-corrected chi connectivity index (χ0v) is 11.4. The van der Waals surface area contributed by atoms with Crippen molar-refractivity contribution in [1.29, 1.82) is 0 Å². The van der Waals surface area contributed by atoms with Crippen molar-refractivity contribution in [3.05, 3.63) is 0 Å². The molecule has 1 saturated carbocycles. The molecule has 3 nitrogen and oxygen atoms in total. The molecule has 1 aliphatic carbocycles. The van der Waals surface area contributed by atoms with E-state index in [0.29, 0.717) is 24.1 Å². The smallest absolute Gasteiger partial charge is 0.0674 e. The fraction of sp³-hybridized carbons (Fsp3) is 1.00. The van der Waals surface area contributed by atoms with Gasteiger partial charge in [-0.3, -0.25) is 4.90 Å². The lowest BCUT2D eigenvalue weighted by atomic mass is 9.94. The van der Waals surface area contributed by atoms with Crippen LogP contribution < -0.4 is 5.73 Å². The van der Waals surface area contributed by atoms with Crippen molar-refractivity contribution in [2.75, 3.05) is 19.7 Å².